The van der Waals surface area contributed by atoms with Crippen LogP contribution >= 0.6 is 0 Å². The SMILES string of the molecule is CCCC(Cc1cccc(N=C(N)N)c1)C(=O)Oc1ccccc1. The maximum atomic E-state index is 12.5. The minimum absolute atomic E-state index is 0.0146. The van der Waals surface area contributed by atoms with E-state index in [1.807, 2.05) is 42.5 Å². The molecule has 0 aliphatic carbocycles. The molecule has 126 valence electrons. The molecule has 0 bridgehead atoms. The molecule has 0 saturated heterocycles. The van der Waals surface area contributed by atoms with Gasteiger partial charge in [-0.25, -0.2) is 4.99 Å². The Kier molecular flexibility index (Phi) is 6.37. The fraction of sp³-hybridized carbons (Fsp3) is 0.263. The van der Waals surface area contributed by atoms with E-state index in [0.29, 0.717) is 17.9 Å². The number of guanidine groups is 1. The van der Waals surface area contributed by atoms with Gasteiger partial charge < -0.3 is 16.2 Å². The van der Waals surface area contributed by atoms with Gasteiger partial charge in [0.05, 0.1) is 11.6 Å². The Morgan fingerprint density at radius 3 is 2.54 bits per heavy atom. The Bertz CT molecular complexity index is 695. The van der Waals surface area contributed by atoms with Gasteiger partial charge in [-0.15, -0.1) is 0 Å². The van der Waals surface area contributed by atoms with E-state index >= 15 is 0 Å². The Morgan fingerprint density at radius 2 is 1.88 bits per heavy atom. The molecule has 2 aromatic carbocycles. The molecule has 5 nitrogen and oxygen atoms in total. The standard InChI is InChI=1S/C19H23N3O2/c1-2-7-15(18(23)24-17-10-4-3-5-11-17)12-14-8-6-9-16(13-14)22-19(20)21/h3-6,8-11,13,15H,2,7,12H2,1H3,(H4,20,21,22). The number of benzene rings is 2. The summed E-state index contributed by atoms with van der Waals surface area (Å²) in [5.41, 5.74) is 12.5. The second-order valence-corrected chi connectivity index (χ2v) is 5.63. The van der Waals surface area contributed by atoms with Crippen molar-refractivity contribution in [2.24, 2.45) is 22.4 Å². The second-order valence-electron chi connectivity index (χ2n) is 5.63. The highest BCUT2D eigenvalue weighted by molar-refractivity contribution is 5.79. The molecule has 0 aliphatic heterocycles. The number of carbonyl (C=O) groups excluding carboxylic acids is 1. The van der Waals surface area contributed by atoms with Gasteiger partial charge in [0.2, 0.25) is 0 Å². The summed E-state index contributed by atoms with van der Waals surface area (Å²) >= 11 is 0. The van der Waals surface area contributed by atoms with Crippen LogP contribution in [0, 0.1) is 5.92 Å². The van der Waals surface area contributed by atoms with Crippen molar-refractivity contribution in [1.29, 1.82) is 0 Å². The van der Waals surface area contributed by atoms with Gasteiger partial charge in [-0.3, -0.25) is 4.79 Å². The first-order valence-electron chi connectivity index (χ1n) is 8.03. The highest BCUT2D eigenvalue weighted by Crippen LogP contribution is 2.21. The average Bonchev–Trinajstić information content (AvgIpc) is 2.55. The molecule has 0 fully saturated rings. The fourth-order valence-electron chi connectivity index (χ4n) is 2.53. The first-order chi connectivity index (χ1) is 11.6. The van der Waals surface area contributed by atoms with Gasteiger partial charge in [0.1, 0.15) is 5.75 Å². The number of para-hydroxylation sites is 1. The van der Waals surface area contributed by atoms with Crippen molar-refractivity contribution in [3.8, 4) is 5.75 Å². The fourth-order valence-corrected chi connectivity index (χ4v) is 2.53. The summed E-state index contributed by atoms with van der Waals surface area (Å²) in [6, 6.07) is 16.7. The zero-order valence-corrected chi connectivity index (χ0v) is 13.8. The molecule has 0 spiro atoms. The predicted molar refractivity (Wildman–Crippen MR) is 96.1 cm³/mol. The number of nitrogens with zero attached hydrogens (tertiary/aromatic N) is 1. The lowest BCUT2D eigenvalue weighted by Gasteiger charge is -2.15. The third-order valence-corrected chi connectivity index (χ3v) is 3.58. The quantitative estimate of drug-likeness (QED) is 0.354. The Morgan fingerprint density at radius 1 is 1.12 bits per heavy atom. The number of carbonyl (C=O) groups is 1. The summed E-state index contributed by atoms with van der Waals surface area (Å²) in [5, 5.41) is 0. The zero-order chi connectivity index (χ0) is 17.4. The minimum atomic E-state index is -0.213. The van der Waals surface area contributed by atoms with Gasteiger partial charge in [-0.2, -0.15) is 0 Å². The predicted octanol–water partition coefficient (Wildman–Crippen LogP) is 3.16. The number of rotatable bonds is 7. The molecule has 2 rings (SSSR count). The maximum Gasteiger partial charge on any atom is 0.314 e. The normalized spacial score (nSPS) is 11.5. The van der Waals surface area contributed by atoms with E-state index in [0.717, 1.165) is 18.4 Å². The molecular formula is C19H23N3O2. The molecule has 0 heterocycles. The van der Waals surface area contributed by atoms with Crippen LogP contribution in [-0.4, -0.2) is 11.9 Å². The Hall–Kier alpha value is -2.82. The molecule has 0 aromatic heterocycles. The van der Waals surface area contributed by atoms with E-state index in [9.17, 15) is 4.79 Å². The first kappa shape index (κ1) is 17.5. The highest BCUT2D eigenvalue weighted by Gasteiger charge is 2.20. The van der Waals surface area contributed by atoms with Crippen molar-refractivity contribution < 1.29 is 9.53 Å². The van der Waals surface area contributed by atoms with Crippen molar-refractivity contribution in [1.82, 2.24) is 0 Å². The lowest BCUT2D eigenvalue weighted by Crippen LogP contribution is -2.23. The van der Waals surface area contributed by atoms with Crippen molar-refractivity contribution in [2.75, 3.05) is 0 Å². The molecule has 2 aromatic rings. The topological polar surface area (TPSA) is 90.7 Å². The Balaban J connectivity index is 2.10. The van der Waals surface area contributed by atoms with Crippen molar-refractivity contribution in [2.45, 2.75) is 26.2 Å². The van der Waals surface area contributed by atoms with E-state index in [2.05, 4.69) is 11.9 Å². The van der Waals surface area contributed by atoms with Crippen molar-refractivity contribution in [3.05, 3.63) is 60.2 Å². The molecule has 0 saturated carbocycles. The molecule has 4 N–H and O–H groups in total. The monoisotopic (exact) mass is 325 g/mol. The number of ether oxygens (including phenoxy) is 1. The van der Waals surface area contributed by atoms with E-state index in [-0.39, 0.29) is 17.8 Å². The molecule has 24 heavy (non-hydrogen) atoms. The van der Waals surface area contributed by atoms with Crippen LogP contribution in [0.3, 0.4) is 0 Å². The van der Waals surface area contributed by atoms with Crippen molar-refractivity contribution in [3.63, 3.8) is 0 Å². The van der Waals surface area contributed by atoms with Crippen LogP contribution in [0.25, 0.3) is 0 Å². The summed E-state index contributed by atoms with van der Waals surface area (Å²) in [5.74, 6) is 0.165. The van der Waals surface area contributed by atoms with Gasteiger partial charge in [0.25, 0.3) is 0 Å². The molecule has 1 unspecified atom stereocenters. The molecular weight excluding hydrogens is 302 g/mol. The molecule has 1 atom stereocenters. The van der Waals surface area contributed by atoms with Gasteiger partial charge in [0, 0.05) is 0 Å². The summed E-state index contributed by atoms with van der Waals surface area (Å²) in [6.07, 6.45) is 2.26. The zero-order valence-electron chi connectivity index (χ0n) is 13.8. The lowest BCUT2D eigenvalue weighted by atomic mass is 9.95. The van der Waals surface area contributed by atoms with Crippen LogP contribution in [0.2, 0.25) is 0 Å². The molecule has 0 aliphatic rings. The van der Waals surface area contributed by atoms with Gasteiger partial charge in [-0.05, 0) is 42.7 Å². The van der Waals surface area contributed by atoms with Crippen LogP contribution in [0.1, 0.15) is 25.3 Å². The maximum absolute atomic E-state index is 12.5. The molecule has 5 heteroatoms. The van der Waals surface area contributed by atoms with E-state index in [1.54, 1.807) is 12.1 Å². The molecule has 0 amide bonds. The third kappa shape index (κ3) is 5.43. The van der Waals surface area contributed by atoms with Crippen molar-refractivity contribution >= 4 is 17.6 Å². The number of nitrogens with two attached hydrogens (primary N) is 2. The van der Waals surface area contributed by atoms with Gasteiger partial charge in [-0.1, -0.05) is 43.7 Å². The van der Waals surface area contributed by atoms with E-state index in [4.69, 9.17) is 16.2 Å². The summed E-state index contributed by atoms with van der Waals surface area (Å²) in [4.78, 5) is 16.5. The second kappa shape index (κ2) is 8.72. The van der Waals surface area contributed by atoms with Crippen LogP contribution < -0.4 is 16.2 Å². The minimum Gasteiger partial charge on any atom is -0.426 e. The van der Waals surface area contributed by atoms with Crippen LogP contribution in [-0.2, 0) is 11.2 Å². The van der Waals surface area contributed by atoms with E-state index in [1.165, 1.54) is 0 Å². The number of hydrogen-bond donors (Lipinski definition) is 2. The number of aliphatic imine (C=N–C) groups is 1. The highest BCUT2D eigenvalue weighted by atomic mass is 16.5. The summed E-state index contributed by atoms with van der Waals surface area (Å²) in [6.45, 7) is 2.05. The molecule has 0 radical (unpaired) electrons. The van der Waals surface area contributed by atoms with Crippen LogP contribution in [0.5, 0.6) is 5.75 Å². The van der Waals surface area contributed by atoms with Crippen LogP contribution in [0.15, 0.2) is 59.6 Å². The van der Waals surface area contributed by atoms with Gasteiger partial charge in [0.15, 0.2) is 5.96 Å². The summed E-state index contributed by atoms with van der Waals surface area (Å²) < 4.78 is 5.49. The average molecular weight is 325 g/mol. The number of hydrogen-bond acceptors (Lipinski definition) is 3. The Labute approximate surface area is 142 Å². The van der Waals surface area contributed by atoms with Crippen LogP contribution in [0.4, 0.5) is 5.69 Å². The smallest absolute Gasteiger partial charge is 0.314 e. The van der Waals surface area contributed by atoms with E-state index < -0.39 is 0 Å². The first-order valence-corrected chi connectivity index (χ1v) is 8.03. The summed E-state index contributed by atoms with van der Waals surface area (Å²) in [7, 11) is 0. The third-order valence-electron chi connectivity index (χ3n) is 3.58. The van der Waals surface area contributed by atoms with Gasteiger partial charge >= 0.3 is 5.97 Å². The largest absolute Gasteiger partial charge is 0.426 e. The lowest BCUT2D eigenvalue weighted by molar-refractivity contribution is -0.139. The number of esters is 1.